The van der Waals surface area contributed by atoms with Crippen molar-refractivity contribution in [1.82, 2.24) is 0 Å². The Balaban J connectivity index is 1.34. The predicted molar refractivity (Wildman–Crippen MR) is 141 cm³/mol. The third-order valence-corrected chi connectivity index (χ3v) is 7.60. The smallest absolute Gasteiger partial charge is 0.201 e. The van der Waals surface area contributed by atoms with Crippen LogP contribution < -0.4 is 4.74 Å². The van der Waals surface area contributed by atoms with Crippen molar-refractivity contribution in [3.8, 4) is 16.9 Å². The minimum Gasteiger partial charge on any atom is -0.490 e. The molecule has 0 heterocycles. The van der Waals surface area contributed by atoms with Gasteiger partial charge in [-0.2, -0.15) is 4.39 Å². The lowest BCUT2D eigenvalue weighted by Crippen LogP contribution is -2.20. The summed E-state index contributed by atoms with van der Waals surface area (Å²) in [6.45, 7) is 4.39. The molecular formula is C32H36F4O. The molecule has 1 aliphatic rings. The van der Waals surface area contributed by atoms with Gasteiger partial charge in [-0.3, -0.25) is 0 Å². The molecule has 1 nitrogen and oxygen atoms in total. The van der Waals surface area contributed by atoms with E-state index in [0.717, 1.165) is 38.5 Å². The first-order valence-electron chi connectivity index (χ1n) is 13.6. The Morgan fingerprint density at radius 3 is 2.11 bits per heavy atom. The highest BCUT2D eigenvalue weighted by Gasteiger charge is 2.27. The monoisotopic (exact) mass is 512 g/mol. The zero-order valence-electron chi connectivity index (χ0n) is 21.8. The second-order valence-corrected chi connectivity index (χ2v) is 10.3. The molecule has 0 unspecified atom stereocenters. The van der Waals surface area contributed by atoms with E-state index in [1.165, 1.54) is 11.6 Å². The molecule has 0 radical (unpaired) electrons. The molecule has 0 amide bonds. The van der Waals surface area contributed by atoms with Gasteiger partial charge in [-0.1, -0.05) is 63.1 Å². The predicted octanol–water partition coefficient (Wildman–Crippen LogP) is 9.56. The molecule has 0 spiro atoms. The number of hydrogen-bond donors (Lipinski definition) is 0. The average molecular weight is 513 g/mol. The van der Waals surface area contributed by atoms with Crippen molar-refractivity contribution >= 4 is 0 Å². The molecule has 3 aromatic carbocycles. The molecule has 37 heavy (non-hydrogen) atoms. The minimum absolute atomic E-state index is 0.0387. The Kier molecular flexibility index (Phi) is 9.28. The number of rotatable bonds is 10. The third kappa shape index (κ3) is 6.37. The fourth-order valence-corrected chi connectivity index (χ4v) is 5.33. The lowest BCUT2D eigenvalue weighted by Gasteiger charge is -2.29. The van der Waals surface area contributed by atoms with E-state index >= 15 is 0 Å². The minimum atomic E-state index is -0.982. The first-order valence-corrected chi connectivity index (χ1v) is 13.6. The summed E-state index contributed by atoms with van der Waals surface area (Å²) in [5, 5.41) is 0. The lowest BCUT2D eigenvalue weighted by atomic mass is 9.78. The average Bonchev–Trinajstić information content (AvgIpc) is 2.92. The van der Waals surface area contributed by atoms with Gasteiger partial charge in [0.05, 0.1) is 6.61 Å². The molecule has 0 aromatic heterocycles. The largest absolute Gasteiger partial charge is 0.490 e. The third-order valence-electron chi connectivity index (χ3n) is 7.60. The van der Waals surface area contributed by atoms with Crippen LogP contribution in [-0.4, -0.2) is 6.61 Å². The molecule has 0 aliphatic heterocycles. The van der Waals surface area contributed by atoms with Crippen molar-refractivity contribution in [2.45, 2.75) is 77.6 Å². The summed E-state index contributed by atoms with van der Waals surface area (Å²) >= 11 is 0. The number of benzene rings is 3. The van der Waals surface area contributed by atoms with Gasteiger partial charge in [-0.25, -0.2) is 13.2 Å². The van der Waals surface area contributed by atoms with Crippen molar-refractivity contribution in [2.24, 2.45) is 5.92 Å². The second-order valence-electron chi connectivity index (χ2n) is 10.3. The Bertz CT molecular complexity index is 1180. The summed E-state index contributed by atoms with van der Waals surface area (Å²) in [7, 11) is 0. The highest BCUT2D eigenvalue weighted by molar-refractivity contribution is 5.65. The van der Waals surface area contributed by atoms with Gasteiger partial charge in [-0.05, 0) is 91.2 Å². The van der Waals surface area contributed by atoms with E-state index in [-0.39, 0.29) is 29.8 Å². The summed E-state index contributed by atoms with van der Waals surface area (Å²) in [5.74, 6) is -3.31. The lowest BCUT2D eigenvalue weighted by molar-refractivity contribution is 0.192. The molecule has 0 N–H and O–H groups in total. The normalized spacial score (nSPS) is 17.7. The quantitative estimate of drug-likeness (QED) is 0.246. The highest BCUT2D eigenvalue weighted by Crippen LogP contribution is 2.38. The van der Waals surface area contributed by atoms with Crippen LogP contribution in [0, 0.1) is 29.2 Å². The van der Waals surface area contributed by atoms with Gasteiger partial charge in [-0.15, -0.1) is 0 Å². The Morgan fingerprint density at radius 2 is 1.43 bits per heavy atom. The van der Waals surface area contributed by atoms with Crippen molar-refractivity contribution in [3.05, 3.63) is 88.5 Å². The molecule has 0 saturated heterocycles. The first kappa shape index (κ1) is 27.2. The summed E-state index contributed by atoms with van der Waals surface area (Å²) < 4.78 is 64.6. The number of halogens is 4. The van der Waals surface area contributed by atoms with Gasteiger partial charge >= 0.3 is 0 Å². The topological polar surface area (TPSA) is 9.23 Å². The van der Waals surface area contributed by atoms with Gasteiger partial charge in [0.15, 0.2) is 23.2 Å². The van der Waals surface area contributed by atoms with E-state index in [9.17, 15) is 17.6 Å². The zero-order valence-corrected chi connectivity index (χ0v) is 21.8. The van der Waals surface area contributed by atoms with Gasteiger partial charge in [0.25, 0.3) is 0 Å². The van der Waals surface area contributed by atoms with Gasteiger partial charge in [0.2, 0.25) is 5.82 Å². The standard InChI is InChI=1S/C32H36F4O/c1-3-5-7-25-16-17-26(30(34)29(25)33)24-14-10-22(11-15-24)20-37-28-19-18-27(31(35)32(28)36)23-12-8-21(6-4-2)9-13-23/h8-9,12-13,16-19,22,24H,3-7,10-11,14-15,20H2,1-2H3. The Labute approximate surface area is 217 Å². The molecule has 0 atom stereocenters. The second kappa shape index (κ2) is 12.6. The van der Waals surface area contributed by atoms with E-state index in [1.54, 1.807) is 18.2 Å². The molecule has 4 rings (SSSR count). The van der Waals surface area contributed by atoms with Crippen LogP contribution in [0.25, 0.3) is 11.1 Å². The molecule has 1 aliphatic carbocycles. The van der Waals surface area contributed by atoms with Crippen LogP contribution >= 0.6 is 0 Å². The van der Waals surface area contributed by atoms with Crippen molar-refractivity contribution < 1.29 is 22.3 Å². The first-order chi connectivity index (χ1) is 17.9. The van der Waals surface area contributed by atoms with Crippen LogP contribution in [-0.2, 0) is 12.8 Å². The molecule has 1 saturated carbocycles. The van der Waals surface area contributed by atoms with E-state index in [1.807, 2.05) is 31.2 Å². The molecule has 0 bridgehead atoms. The van der Waals surface area contributed by atoms with Crippen LogP contribution in [0.15, 0.2) is 48.5 Å². The molecule has 3 aromatic rings. The SMILES string of the molecule is CCCCc1ccc(C2CCC(COc3ccc(-c4ccc(CCC)cc4)c(F)c3F)CC2)c(F)c1F. The zero-order chi connectivity index (χ0) is 26.4. The van der Waals surface area contributed by atoms with Crippen molar-refractivity contribution in [1.29, 1.82) is 0 Å². The molecule has 5 heteroatoms. The number of aryl methyl sites for hydroxylation is 2. The maximum Gasteiger partial charge on any atom is 0.201 e. The number of hydrogen-bond acceptors (Lipinski definition) is 1. The summed E-state index contributed by atoms with van der Waals surface area (Å²) in [5.41, 5.74) is 2.90. The molecule has 1 fully saturated rings. The van der Waals surface area contributed by atoms with Gasteiger partial charge < -0.3 is 4.74 Å². The maximum atomic E-state index is 14.8. The fraction of sp³-hybridized carbons (Fsp3) is 0.438. The van der Waals surface area contributed by atoms with Crippen LogP contribution in [0.5, 0.6) is 5.75 Å². The molecular weight excluding hydrogens is 476 g/mol. The van der Waals surface area contributed by atoms with Crippen LogP contribution in [0.2, 0.25) is 0 Å². The highest BCUT2D eigenvalue weighted by atomic mass is 19.2. The van der Waals surface area contributed by atoms with Crippen LogP contribution in [0.4, 0.5) is 17.6 Å². The Morgan fingerprint density at radius 1 is 0.703 bits per heavy atom. The number of unbranched alkanes of at least 4 members (excludes halogenated alkanes) is 1. The number of ether oxygens (including phenoxy) is 1. The summed E-state index contributed by atoms with van der Waals surface area (Å²) in [6, 6.07) is 14.0. The van der Waals surface area contributed by atoms with Gasteiger partial charge in [0, 0.05) is 5.56 Å². The van der Waals surface area contributed by atoms with E-state index in [0.29, 0.717) is 36.0 Å². The van der Waals surface area contributed by atoms with Crippen molar-refractivity contribution in [3.63, 3.8) is 0 Å². The van der Waals surface area contributed by atoms with Crippen LogP contribution in [0.1, 0.15) is 81.4 Å². The summed E-state index contributed by atoms with van der Waals surface area (Å²) in [6.07, 6.45) is 7.23. The van der Waals surface area contributed by atoms with Crippen molar-refractivity contribution in [2.75, 3.05) is 6.61 Å². The van der Waals surface area contributed by atoms with E-state index < -0.39 is 23.3 Å². The van der Waals surface area contributed by atoms with Gasteiger partial charge in [0.1, 0.15) is 0 Å². The molecule has 198 valence electrons. The fourth-order valence-electron chi connectivity index (χ4n) is 5.33. The van der Waals surface area contributed by atoms with E-state index in [4.69, 9.17) is 4.74 Å². The van der Waals surface area contributed by atoms with E-state index in [2.05, 4.69) is 6.92 Å². The summed E-state index contributed by atoms with van der Waals surface area (Å²) in [4.78, 5) is 0. The van der Waals surface area contributed by atoms with Crippen LogP contribution in [0.3, 0.4) is 0 Å². The Hall–Kier alpha value is -2.82. The maximum absolute atomic E-state index is 14.8.